The molecule has 5 heteroatoms. The van der Waals surface area contributed by atoms with Gasteiger partial charge in [0.25, 0.3) is 0 Å². The maximum atomic E-state index is 5.88. The summed E-state index contributed by atoms with van der Waals surface area (Å²) in [5.74, 6) is 1.20. The molecule has 1 aliphatic rings. The quantitative estimate of drug-likeness (QED) is 0.438. The van der Waals surface area contributed by atoms with Crippen LogP contribution in [-0.4, -0.2) is 0 Å². The molecule has 1 aromatic heterocycles. The van der Waals surface area contributed by atoms with Crippen molar-refractivity contribution >= 4 is 40.0 Å². The number of halogens is 3. The standard InChI is InChI=1S/C13H13O.3ClH.Zn/c1-3-7-12-10(5-1)9-11-6-2-4-8-13(11)14-12;;;;/h1,3,5,7,9H,2,4,6,8H2;3*1H;/q+1;;;;+2/p-3. The molecule has 0 radical (unpaired) electrons. The van der Waals surface area contributed by atoms with Crippen LogP contribution in [0.3, 0.4) is 0 Å². The summed E-state index contributed by atoms with van der Waals surface area (Å²) in [6.45, 7) is 0. The van der Waals surface area contributed by atoms with Crippen molar-refractivity contribution in [3.8, 4) is 0 Å². The van der Waals surface area contributed by atoms with Crippen LogP contribution in [0.15, 0.2) is 34.7 Å². The van der Waals surface area contributed by atoms with Crippen molar-refractivity contribution in [3.63, 3.8) is 0 Å². The molecule has 0 bridgehead atoms. The van der Waals surface area contributed by atoms with Gasteiger partial charge in [0, 0.05) is 6.07 Å². The zero-order valence-corrected chi connectivity index (χ0v) is 15.2. The molecule has 94 valence electrons. The summed E-state index contributed by atoms with van der Waals surface area (Å²) in [5.41, 5.74) is 2.43. The third-order valence-electron chi connectivity index (χ3n) is 2.94. The van der Waals surface area contributed by atoms with Gasteiger partial charge in [-0.05, 0) is 31.4 Å². The Labute approximate surface area is 124 Å². The Hall–Kier alpha value is 0.123. The van der Waals surface area contributed by atoms with Gasteiger partial charge in [0.15, 0.2) is 0 Å². The van der Waals surface area contributed by atoms with Crippen molar-refractivity contribution in [3.05, 3.63) is 41.7 Å². The smallest absolute Gasteiger partial charge is 0.212 e. The number of aryl methyl sites for hydroxylation is 2. The van der Waals surface area contributed by atoms with E-state index in [4.69, 9.17) is 33.5 Å². The number of hydrogen-bond acceptors (Lipinski definition) is 0. The molecule has 0 fully saturated rings. The second-order valence-electron chi connectivity index (χ2n) is 4.24. The number of fused-ring (bicyclic) bond motifs is 2. The Morgan fingerprint density at radius 2 is 1.67 bits per heavy atom. The minimum Gasteiger partial charge on any atom is -0.212 e. The van der Waals surface area contributed by atoms with E-state index in [-0.39, 0.29) is 0 Å². The summed E-state index contributed by atoms with van der Waals surface area (Å²) >= 11 is -2.21. The predicted octanol–water partition coefficient (Wildman–Crippen LogP) is 5.66. The molecular weight excluding hydrogens is 344 g/mol. The van der Waals surface area contributed by atoms with E-state index in [1.807, 2.05) is 12.1 Å². The Kier molecular flexibility index (Phi) is 5.69. The van der Waals surface area contributed by atoms with Crippen LogP contribution in [0.2, 0.25) is 0 Å². The summed E-state index contributed by atoms with van der Waals surface area (Å²) in [6.07, 6.45) is 4.87. The minimum absolute atomic E-state index is 1.02. The molecule has 0 aliphatic heterocycles. The van der Waals surface area contributed by atoms with Crippen LogP contribution in [0.4, 0.5) is 0 Å². The summed E-state index contributed by atoms with van der Waals surface area (Å²) in [5, 5.41) is 1.23. The van der Waals surface area contributed by atoms with Crippen molar-refractivity contribution in [2.24, 2.45) is 0 Å². The van der Waals surface area contributed by atoms with Gasteiger partial charge >= 0.3 is 53.4 Å². The zero-order valence-electron chi connectivity index (χ0n) is 9.96. The molecule has 0 spiro atoms. The fourth-order valence-electron chi connectivity index (χ4n) is 2.18. The molecule has 0 saturated heterocycles. The molecule has 18 heavy (non-hydrogen) atoms. The molecule has 1 nitrogen and oxygen atoms in total. The topological polar surface area (TPSA) is 11.3 Å². The van der Waals surface area contributed by atoms with E-state index in [0.29, 0.717) is 0 Å². The van der Waals surface area contributed by atoms with E-state index in [1.54, 1.807) is 0 Å². The summed E-state index contributed by atoms with van der Waals surface area (Å²) in [6, 6.07) is 10.5. The van der Waals surface area contributed by atoms with E-state index < -0.39 is 13.0 Å². The minimum atomic E-state index is -2.21. The fourth-order valence-corrected chi connectivity index (χ4v) is 2.18. The van der Waals surface area contributed by atoms with Gasteiger partial charge < -0.3 is 0 Å². The summed E-state index contributed by atoms with van der Waals surface area (Å²) in [4.78, 5) is 0. The maximum Gasteiger partial charge on any atom is 0.360 e. The third-order valence-corrected chi connectivity index (χ3v) is 2.94. The molecule has 1 heterocycles. The average molecular weight is 357 g/mol. The van der Waals surface area contributed by atoms with Crippen LogP contribution in [0.5, 0.6) is 0 Å². The van der Waals surface area contributed by atoms with Gasteiger partial charge in [-0.1, -0.05) is 12.1 Å². The summed E-state index contributed by atoms with van der Waals surface area (Å²) < 4.78 is 5.88. The molecule has 0 amide bonds. The van der Waals surface area contributed by atoms with Crippen LogP contribution in [0.25, 0.3) is 11.0 Å². The first kappa shape index (κ1) is 14.5. The van der Waals surface area contributed by atoms with Gasteiger partial charge in [-0.2, -0.15) is 0 Å². The van der Waals surface area contributed by atoms with E-state index in [9.17, 15) is 0 Å². The van der Waals surface area contributed by atoms with Crippen LogP contribution in [0.1, 0.15) is 24.2 Å². The van der Waals surface area contributed by atoms with Gasteiger partial charge in [0.05, 0.1) is 17.4 Å². The molecule has 0 atom stereocenters. The second-order valence-corrected chi connectivity index (χ2v) is 18.1. The molecule has 0 unspecified atom stereocenters. The van der Waals surface area contributed by atoms with Crippen molar-refractivity contribution in [1.29, 1.82) is 0 Å². The van der Waals surface area contributed by atoms with Gasteiger partial charge in [0.1, 0.15) is 0 Å². The molecule has 3 rings (SSSR count). The van der Waals surface area contributed by atoms with Crippen LogP contribution in [-0.2, 0) is 25.8 Å². The number of benzene rings is 1. The first-order chi connectivity index (χ1) is 8.66. The first-order valence-corrected chi connectivity index (χ1v) is 17.8. The first-order valence-electron chi connectivity index (χ1n) is 6.07. The Morgan fingerprint density at radius 1 is 1.00 bits per heavy atom. The van der Waals surface area contributed by atoms with Crippen LogP contribution >= 0.6 is 29.1 Å². The van der Waals surface area contributed by atoms with Gasteiger partial charge in [-0.15, -0.1) is 0 Å². The largest absolute Gasteiger partial charge is 0.360 e. The molecule has 0 N–H and O–H groups in total. The third kappa shape index (κ3) is 4.06. The molecule has 1 aliphatic carbocycles. The molecule has 0 saturated carbocycles. The Bertz CT molecular complexity index is 483. The number of para-hydroxylation sites is 1. The molecular formula is C13H13Cl3OZn. The predicted molar refractivity (Wildman–Crippen MR) is 74.8 cm³/mol. The van der Waals surface area contributed by atoms with Crippen LogP contribution < -0.4 is 0 Å². The Morgan fingerprint density at radius 3 is 2.44 bits per heavy atom. The number of rotatable bonds is 0. The monoisotopic (exact) mass is 354 g/mol. The Balaban J connectivity index is 0.000000267. The van der Waals surface area contributed by atoms with E-state index >= 15 is 0 Å². The van der Waals surface area contributed by atoms with Crippen molar-refractivity contribution in [1.82, 2.24) is 0 Å². The fraction of sp³-hybridized carbons (Fsp3) is 0.308. The summed E-state index contributed by atoms with van der Waals surface area (Å²) in [7, 11) is 15.0. The van der Waals surface area contributed by atoms with Crippen molar-refractivity contribution < 1.29 is 17.4 Å². The van der Waals surface area contributed by atoms with E-state index in [2.05, 4.69) is 18.2 Å². The van der Waals surface area contributed by atoms with Gasteiger partial charge in [-0.3, -0.25) is 0 Å². The number of hydrogen-bond donors (Lipinski definition) is 0. The van der Waals surface area contributed by atoms with Gasteiger partial charge in [-0.25, -0.2) is 4.42 Å². The zero-order chi connectivity index (χ0) is 13.0. The maximum absolute atomic E-state index is 5.88. The van der Waals surface area contributed by atoms with Crippen molar-refractivity contribution in [2.75, 3.05) is 0 Å². The van der Waals surface area contributed by atoms with E-state index in [0.717, 1.165) is 12.0 Å². The van der Waals surface area contributed by atoms with Crippen molar-refractivity contribution in [2.45, 2.75) is 25.7 Å². The van der Waals surface area contributed by atoms with Gasteiger partial charge in [0.2, 0.25) is 0 Å². The van der Waals surface area contributed by atoms with E-state index in [1.165, 1.54) is 36.0 Å². The second kappa shape index (κ2) is 7.05. The normalized spacial score (nSPS) is 13.5. The average Bonchev–Trinajstić information content (AvgIpc) is 2.35. The molecule has 2 aromatic rings. The van der Waals surface area contributed by atoms with Crippen LogP contribution in [0, 0.1) is 0 Å². The molecule has 1 aromatic carbocycles. The SMILES string of the molecule is [Cl][Zn-]([Cl])[Cl].c1ccc2[o+]c3c(cc2c1)CCCC3.